The summed E-state index contributed by atoms with van der Waals surface area (Å²) in [6.07, 6.45) is 0. The Morgan fingerprint density at radius 1 is 0.774 bits per heavy atom. The van der Waals surface area contributed by atoms with Crippen molar-refractivity contribution in [1.29, 1.82) is 0 Å². The number of hydrogen-bond acceptors (Lipinski definition) is 4. The van der Waals surface area contributed by atoms with E-state index in [2.05, 4.69) is 16.0 Å². The van der Waals surface area contributed by atoms with Crippen LogP contribution in [0.5, 0.6) is 0 Å². The second kappa shape index (κ2) is 9.58. The summed E-state index contributed by atoms with van der Waals surface area (Å²) in [7, 11) is 2.93. The van der Waals surface area contributed by atoms with Gasteiger partial charge < -0.3 is 21.7 Å². The van der Waals surface area contributed by atoms with Crippen LogP contribution in [0.4, 0.5) is 11.4 Å². The van der Waals surface area contributed by atoms with Gasteiger partial charge in [0, 0.05) is 19.7 Å². The molecule has 7 nitrogen and oxygen atoms in total. The molecule has 0 aliphatic rings. The van der Waals surface area contributed by atoms with Crippen LogP contribution in [0, 0.1) is 0 Å². The number of hydrogen-bond donors (Lipinski definition) is 4. The largest absolute Gasteiger partial charge is 0.397 e. The molecule has 0 saturated carbocycles. The Morgan fingerprint density at radius 3 is 1.97 bits per heavy atom. The first-order chi connectivity index (χ1) is 14.9. The Hall–Kier alpha value is -4.13. The number of carbonyl (C=O) groups excluding carboxylic acids is 3. The SMILES string of the molecule is CNC(=O)C(C(=O)NC)c1ccc(C(=O)Nc2cc(-c3ccccc3)ccc2N)cc1. The van der Waals surface area contributed by atoms with Crippen LogP contribution in [0.1, 0.15) is 21.8 Å². The lowest BCUT2D eigenvalue weighted by atomic mass is 9.96. The first kappa shape index (κ1) is 21.6. The molecular formula is C24H24N4O3. The Kier molecular flexibility index (Phi) is 6.67. The maximum absolute atomic E-state index is 12.8. The molecule has 31 heavy (non-hydrogen) atoms. The van der Waals surface area contributed by atoms with Gasteiger partial charge in [-0.3, -0.25) is 14.4 Å². The first-order valence-corrected chi connectivity index (χ1v) is 9.74. The highest BCUT2D eigenvalue weighted by Gasteiger charge is 2.27. The zero-order chi connectivity index (χ0) is 22.4. The Balaban J connectivity index is 1.81. The average molecular weight is 416 g/mol. The summed E-state index contributed by atoms with van der Waals surface area (Å²) in [5, 5.41) is 7.79. The van der Waals surface area contributed by atoms with E-state index in [4.69, 9.17) is 5.73 Å². The zero-order valence-electron chi connectivity index (χ0n) is 17.3. The summed E-state index contributed by atoms with van der Waals surface area (Å²) in [6.45, 7) is 0. The van der Waals surface area contributed by atoms with E-state index < -0.39 is 17.7 Å². The molecule has 3 rings (SSSR count). The highest BCUT2D eigenvalue weighted by atomic mass is 16.2. The molecule has 0 saturated heterocycles. The van der Waals surface area contributed by atoms with Crippen molar-refractivity contribution in [2.24, 2.45) is 0 Å². The van der Waals surface area contributed by atoms with E-state index in [1.807, 2.05) is 42.5 Å². The average Bonchev–Trinajstić information content (AvgIpc) is 2.81. The van der Waals surface area contributed by atoms with Gasteiger partial charge in [0.1, 0.15) is 5.92 Å². The van der Waals surface area contributed by atoms with E-state index in [9.17, 15) is 14.4 Å². The predicted molar refractivity (Wildman–Crippen MR) is 122 cm³/mol. The third-order valence-corrected chi connectivity index (χ3v) is 4.93. The lowest BCUT2D eigenvalue weighted by Crippen LogP contribution is -2.36. The van der Waals surface area contributed by atoms with Crippen molar-refractivity contribution >= 4 is 29.1 Å². The van der Waals surface area contributed by atoms with Gasteiger partial charge in [0.25, 0.3) is 5.91 Å². The molecule has 0 heterocycles. The van der Waals surface area contributed by atoms with Crippen molar-refractivity contribution in [1.82, 2.24) is 10.6 Å². The molecule has 0 aromatic heterocycles. The molecular weight excluding hydrogens is 392 g/mol. The van der Waals surface area contributed by atoms with Crippen molar-refractivity contribution in [3.05, 3.63) is 83.9 Å². The van der Waals surface area contributed by atoms with Crippen LogP contribution in [-0.4, -0.2) is 31.8 Å². The fourth-order valence-corrected chi connectivity index (χ4v) is 3.21. The second-order valence-electron chi connectivity index (χ2n) is 6.91. The zero-order valence-corrected chi connectivity index (χ0v) is 17.3. The van der Waals surface area contributed by atoms with Crippen LogP contribution in [0.15, 0.2) is 72.8 Å². The number of amides is 3. The van der Waals surface area contributed by atoms with E-state index in [1.165, 1.54) is 14.1 Å². The number of nitrogens with one attached hydrogen (secondary N) is 3. The van der Waals surface area contributed by atoms with Crippen LogP contribution in [0.25, 0.3) is 11.1 Å². The van der Waals surface area contributed by atoms with Gasteiger partial charge in [-0.25, -0.2) is 0 Å². The summed E-state index contributed by atoms with van der Waals surface area (Å²) in [4.78, 5) is 36.9. The fraction of sp³-hybridized carbons (Fsp3) is 0.125. The Morgan fingerprint density at radius 2 is 1.39 bits per heavy atom. The first-order valence-electron chi connectivity index (χ1n) is 9.74. The number of carbonyl (C=O) groups is 3. The van der Waals surface area contributed by atoms with Gasteiger partial charge in [-0.1, -0.05) is 48.5 Å². The number of anilines is 2. The van der Waals surface area contributed by atoms with Gasteiger partial charge in [0.15, 0.2) is 0 Å². The highest BCUT2D eigenvalue weighted by molar-refractivity contribution is 6.07. The van der Waals surface area contributed by atoms with Crippen molar-refractivity contribution in [2.45, 2.75) is 5.92 Å². The summed E-state index contributed by atoms with van der Waals surface area (Å²) in [6, 6.07) is 21.6. The minimum atomic E-state index is -0.995. The van der Waals surface area contributed by atoms with Gasteiger partial charge >= 0.3 is 0 Å². The number of nitrogen functional groups attached to an aromatic ring is 1. The number of likely N-dealkylation sites (N-methyl/N-ethyl adjacent to an activating group) is 2. The van der Waals surface area contributed by atoms with Crippen LogP contribution >= 0.6 is 0 Å². The van der Waals surface area contributed by atoms with Gasteiger partial charge in [-0.15, -0.1) is 0 Å². The Labute approximate surface area is 180 Å². The topological polar surface area (TPSA) is 113 Å². The fourth-order valence-electron chi connectivity index (χ4n) is 3.21. The molecule has 0 bridgehead atoms. The molecule has 0 unspecified atom stereocenters. The van der Waals surface area contributed by atoms with Crippen molar-refractivity contribution in [2.75, 3.05) is 25.1 Å². The third kappa shape index (κ3) is 4.90. The molecule has 3 aromatic carbocycles. The number of rotatable bonds is 6. The monoisotopic (exact) mass is 416 g/mol. The second-order valence-corrected chi connectivity index (χ2v) is 6.91. The van der Waals surface area contributed by atoms with Gasteiger partial charge in [-0.05, 0) is 41.0 Å². The van der Waals surface area contributed by atoms with Gasteiger partial charge in [0.05, 0.1) is 11.4 Å². The van der Waals surface area contributed by atoms with Crippen molar-refractivity contribution in [3.8, 4) is 11.1 Å². The minimum Gasteiger partial charge on any atom is -0.397 e. The number of benzene rings is 3. The molecule has 0 aliphatic heterocycles. The smallest absolute Gasteiger partial charge is 0.255 e. The molecule has 0 spiro atoms. The van der Waals surface area contributed by atoms with Crippen LogP contribution < -0.4 is 21.7 Å². The standard InChI is InChI=1S/C24H24N4O3/c1-26-23(30)21(24(31)27-2)16-8-10-17(11-9-16)22(29)28-20-14-18(12-13-19(20)25)15-6-4-3-5-7-15/h3-14,21H,25H2,1-2H3,(H,26,30)(H,27,31)(H,28,29). The summed E-state index contributed by atoms with van der Waals surface area (Å²) < 4.78 is 0. The normalized spacial score (nSPS) is 10.4. The quantitative estimate of drug-likeness (QED) is 0.365. The van der Waals surface area contributed by atoms with E-state index in [-0.39, 0.29) is 5.91 Å². The molecule has 5 N–H and O–H groups in total. The van der Waals surface area contributed by atoms with Crippen LogP contribution in [0.2, 0.25) is 0 Å². The van der Waals surface area contributed by atoms with E-state index >= 15 is 0 Å². The summed E-state index contributed by atoms with van der Waals surface area (Å²) >= 11 is 0. The van der Waals surface area contributed by atoms with Gasteiger partial charge in [0.2, 0.25) is 11.8 Å². The number of nitrogens with two attached hydrogens (primary N) is 1. The molecule has 7 heteroatoms. The van der Waals surface area contributed by atoms with Crippen molar-refractivity contribution in [3.63, 3.8) is 0 Å². The predicted octanol–water partition coefficient (Wildman–Crippen LogP) is 2.76. The Bertz CT molecular complexity index is 1080. The molecule has 3 aromatic rings. The molecule has 0 aliphatic carbocycles. The maximum atomic E-state index is 12.8. The molecule has 158 valence electrons. The van der Waals surface area contributed by atoms with E-state index in [0.29, 0.717) is 22.5 Å². The molecule has 3 amide bonds. The summed E-state index contributed by atoms with van der Waals surface area (Å²) in [5.74, 6) is -2.20. The maximum Gasteiger partial charge on any atom is 0.255 e. The van der Waals surface area contributed by atoms with E-state index in [0.717, 1.165) is 11.1 Å². The lowest BCUT2D eigenvalue weighted by Gasteiger charge is -2.15. The minimum absolute atomic E-state index is 0.347. The van der Waals surface area contributed by atoms with Crippen LogP contribution in [0.3, 0.4) is 0 Å². The molecule has 0 radical (unpaired) electrons. The van der Waals surface area contributed by atoms with E-state index in [1.54, 1.807) is 30.3 Å². The summed E-state index contributed by atoms with van der Waals surface area (Å²) in [5.41, 5.74) is 9.81. The highest BCUT2D eigenvalue weighted by Crippen LogP contribution is 2.27. The van der Waals surface area contributed by atoms with Crippen LogP contribution in [-0.2, 0) is 9.59 Å². The molecule has 0 atom stereocenters. The van der Waals surface area contributed by atoms with Gasteiger partial charge in [-0.2, -0.15) is 0 Å². The van der Waals surface area contributed by atoms with Crippen molar-refractivity contribution < 1.29 is 14.4 Å². The lowest BCUT2D eigenvalue weighted by molar-refractivity contribution is -0.131. The molecule has 0 fully saturated rings. The third-order valence-electron chi connectivity index (χ3n) is 4.93.